The van der Waals surface area contributed by atoms with Gasteiger partial charge in [0.1, 0.15) is 11.2 Å². The fourth-order valence-electron chi connectivity index (χ4n) is 4.84. The number of aromatic amines is 2. The van der Waals surface area contributed by atoms with Crippen molar-refractivity contribution in [1.82, 2.24) is 25.1 Å². The highest BCUT2D eigenvalue weighted by molar-refractivity contribution is 6.17. The zero-order valence-electron chi connectivity index (χ0n) is 18.3. The summed E-state index contributed by atoms with van der Waals surface area (Å²) in [7, 11) is 2.08. The number of nitrogens with zero attached hydrogens (tertiary/aromatic N) is 4. The number of H-pyrrole nitrogens is 2. The summed E-state index contributed by atoms with van der Waals surface area (Å²) in [4.78, 5) is 24.9. The molecule has 172 valence electrons. The summed E-state index contributed by atoms with van der Waals surface area (Å²) < 4.78 is 29.0. The van der Waals surface area contributed by atoms with E-state index in [-0.39, 0.29) is 11.2 Å². The Labute approximate surface area is 192 Å². The molecule has 0 saturated carbocycles. The molecule has 8 nitrogen and oxygen atoms in total. The number of aromatic nitrogens is 4. The molecule has 1 aliphatic rings. The van der Waals surface area contributed by atoms with Crippen LogP contribution in [-0.4, -0.2) is 58.3 Å². The second-order valence-electron chi connectivity index (χ2n) is 8.63. The van der Waals surface area contributed by atoms with E-state index in [0.717, 1.165) is 48.8 Å². The predicted molar refractivity (Wildman–Crippen MR) is 129 cm³/mol. The van der Waals surface area contributed by atoms with E-state index in [1.807, 2.05) is 12.1 Å². The number of rotatable bonds is 2. The molecule has 4 heterocycles. The van der Waals surface area contributed by atoms with Crippen molar-refractivity contribution in [2.45, 2.75) is 0 Å². The number of hydrogen-bond acceptors (Lipinski definition) is 6. The fraction of sp³-hybridized carbons (Fsp3) is 0.208. The Morgan fingerprint density at radius 3 is 2.65 bits per heavy atom. The SMILES string of the molecule is CN1CCN(c2cc3c(-c4cc(F)c(F)c5[nH]ncc45)c(N)c(=O)[nH]c3c3cccnc23)CC1. The lowest BCUT2D eigenvalue weighted by Crippen LogP contribution is -2.44. The largest absolute Gasteiger partial charge is 0.394 e. The number of hydrogen-bond donors (Lipinski definition) is 3. The Hall–Kier alpha value is -4.05. The van der Waals surface area contributed by atoms with Crippen molar-refractivity contribution >= 4 is 44.1 Å². The van der Waals surface area contributed by atoms with Crippen LogP contribution in [0.4, 0.5) is 20.2 Å². The highest BCUT2D eigenvalue weighted by Gasteiger charge is 2.24. The van der Waals surface area contributed by atoms with E-state index in [2.05, 4.69) is 37.0 Å². The maximum Gasteiger partial charge on any atom is 0.272 e. The summed E-state index contributed by atoms with van der Waals surface area (Å²) in [6.07, 6.45) is 3.12. The molecule has 0 radical (unpaired) electrons. The zero-order chi connectivity index (χ0) is 23.6. The lowest BCUT2D eigenvalue weighted by Gasteiger charge is -2.34. The molecule has 2 aromatic carbocycles. The van der Waals surface area contributed by atoms with Crippen LogP contribution in [0.5, 0.6) is 0 Å². The number of nitrogen functional groups attached to an aromatic ring is 1. The van der Waals surface area contributed by atoms with Crippen LogP contribution in [-0.2, 0) is 0 Å². The van der Waals surface area contributed by atoms with E-state index in [1.54, 1.807) is 12.3 Å². The molecule has 0 amide bonds. The van der Waals surface area contributed by atoms with Gasteiger partial charge in [-0.1, -0.05) is 0 Å². The quantitative estimate of drug-likeness (QED) is 0.349. The monoisotopic (exact) mass is 461 g/mol. The molecule has 0 bridgehead atoms. The highest BCUT2D eigenvalue weighted by Crippen LogP contribution is 2.41. The van der Waals surface area contributed by atoms with E-state index in [0.29, 0.717) is 27.4 Å². The number of nitrogens with two attached hydrogens (primary N) is 1. The summed E-state index contributed by atoms with van der Waals surface area (Å²) in [6, 6.07) is 6.69. The van der Waals surface area contributed by atoms with Crippen molar-refractivity contribution in [1.29, 1.82) is 0 Å². The predicted octanol–water partition coefficient (Wildman–Crippen LogP) is 3.23. The molecule has 3 aromatic heterocycles. The van der Waals surface area contributed by atoms with Crippen molar-refractivity contribution in [2.75, 3.05) is 43.9 Å². The molecule has 0 unspecified atom stereocenters. The Morgan fingerprint density at radius 2 is 1.85 bits per heavy atom. The Morgan fingerprint density at radius 1 is 1.06 bits per heavy atom. The van der Waals surface area contributed by atoms with Gasteiger partial charge in [0, 0.05) is 54.1 Å². The molecule has 6 rings (SSSR count). The molecule has 5 aromatic rings. The maximum atomic E-state index is 14.6. The summed E-state index contributed by atoms with van der Waals surface area (Å²) in [5, 5.41) is 8.10. The number of halogens is 2. The van der Waals surface area contributed by atoms with Crippen LogP contribution in [0, 0.1) is 11.6 Å². The first kappa shape index (κ1) is 20.5. The van der Waals surface area contributed by atoms with Crippen LogP contribution in [0.15, 0.2) is 41.5 Å². The van der Waals surface area contributed by atoms with Gasteiger partial charge >= 0.3 is 0 Å². The molecular weight excluding hydrogens is 440 g/mol. The average Bonchev–Trinajstić information content (AvgIpc) is 3.33. The van der Waals surface area contributed by atoms with Crippen molar-refractivity contribution in [3.8, 4) is 11.1 Å². The number of nitrogens with one attached hydrogen (secondary N) is 2. The van der Waals surface area contributed by atoms with Gasteiger partial charge in [0.25, 0.3) is 5.56 Å². The number of piperazine rings is 1. The lowest BCUT2D eigenvalue weighted by atomic mass is 9.94. The third-order valence-electron chi connectivity index (χ3n) is 6.63. The molecule has 1 saturated heterocycles. The van der Waals surface area contributed by atoms with Crippen LogP contribution < -0.4 is 16.2 Å². The smallest absolute Gasteiger partial charge is 0.272 e. The highest BCUT2D eigenvalue weighted by atomic mass is 19.2. The molecular formula is C24H21F2N7O. The second kappa shape index (κ2) is 7.49. The Kier molecular flexibility index (Phi) is 4.53. The summed E-state index contributed by atoms with van der Waals surface area (Å²) in [5.41, 5.74) is 8.45. The lowest BCUT2D eigenvalue weighted by molar-refractivity contribution is 0.313. The van der Waals surface area contributed by atoms with Gasteiger partial charge in [-0.2, -0.15) is 5.10 Å². The first-order valence-corrected chi connectivity index (χ1v) is 10.9. The van der Waals surface area contributed by atoms with Gasteiger partial charge in [-0.15, -0.1) is 0 Å². The molecule has 4 N–H and O–H groups in total. The maximum absolute atomic E-state index is 14.6. The summed E-state index contributed by atoms with van der Waals surface area (Å²) >= 11 is 0. The van der Waals surface area contributed by atoms with E-state index in [4.69, 9.17) is 5.73 Å². The van der Waals surface area contributed by atoms with E-state index >= 15 is 0 Å². The van der Waals surface area contributed by atoms with Gasteiger partial charge in [0.05, 0.1) is 22.9 Å². The topological polar surface area (TPSA) is 107 Å². The number of likely N-dealkylation sites (N-methyl/N-ethyl adjacent to an activating group) is 1. The number of pyridine rings is 2. The molecule has 34 heavy (non-hydrogen) atoms. The van der Waals surface area contributed by atoms with Gasteiger partial charge < -0.3 is 20.5 Å². The fourth-order valence-corrected chi connectivity index (χ4v) is 4.84. The number of fused-ring (bicyclic) bond motifs is 4. The molecule has 1 aliphatic heterocycles. The van der Waals surface area contributed by atoms with E-state index < -0.39 is 17.2 Å². The minimum Gasteiger partial charge on any atom is -0.394 e. The minimum atomic E-state index is -1.05. The van der Waals surface area contributed by atoms with Crippen LogP contribution in [0.2, 0.25) is 0 Å². The first-order valence-electron chi connectivity index (χ1n) is 10.9. The summed E-state index contributed by atoms with van der Waals surface area (Å²) in [5.74, 6) is -2.09. The van der Waals surface area contributed by atoms with E-state index in [9.17, 15) is 13.6 Å². The van der Waals surface area contributed by atoms with Crippen LogP contribution in [0.25, 0.3) is 43.8 Å². The second-order valence-corrected chi connectivity index (χ2v) is 8.63. The van der Waals surface area contributed by atoms with Crippen LogP contribution in [0.3, 0.4) is 0 Å². The zero-order valence-corrected chi connectivity index (χ0v) is 18.3. The third-order valence-corrected chi connectivity index (χ3v) is 6.63. The van der Waals surface area contributed by atoms with Crippen molar-refractivity contribution in [2.24, 2.45) is 0 Å². The number of benzene rings is 2. The van der Waals surface area contributed by atoms with E-state index in [1.165, 1.54) is 6.20 Å². The van der Waals surface area contributed by atoms with Crippen LogP contribution in [0.1, 0.15) is 0 Å². The molecule has 0 spiro atoms. The Bertz CT molecular complexity index is 1650. The number of anilines is 2. The van der Waals surface area contributed by atoms with Gasteiger partial charge in [-0.05, 0) is 36.9 Å². The molecule has 10 heteroatoms. The molecule has 0 atom stereocenters. The Balaban J connectivity index is 1.74. The van der Waals surface area contributed by atoms with Gasteiger partial charge in [-0.25, -0.2) is 8.78 Å². The minimum absolute atomic E-state index is 0.0754. The van der Waals surface area contributed by atoms with Gasteiger partial charge in [-0.3, -0.25) is 14.9 Å². The first-order chi connectivity index (χ1) is 16.4. The summed E-state index contributed by atoms with van der Waals surface area (Å²) in [6.45, 7) is 3.40. The standard InChI is InChI=1S/C24H21F2N7O/c1-32-5-7-33(8-6-32)17-10-14-18(13-9-16(25)19(26)23-15(13)11-29-31-23)20(27)24(34)30-21(14)12-3-2-4-28-22(12)17/h2-4,9-11H,5-8,27H2,1H3,(H,29,31)(H,30,34). The normalized spacial score (nSPS) is 15.1. The third kappa shape index (κ3) is 2.95. The molecule has 1 fully saturated rings. The average molecular weight is 461 g/mol. The van der Waals surface area contributed by atoms with Crippen molar-refractivity contribution < 1.29 is 8.78 Å². The van der Waals surface area contributed by atoms with Crippen molar-refractivity contribution in [3.05, 3.63) is 58.6 Å². The van der Waals surface area contributed by atoms with Crippen LogP contribution >= 0.6 is 0 Å². The van der Waals surface area contributed by atoms with Gasteiger partial charge in [0.15, 0.2) is 11.6 Å². The van der Waals surface area contributed by atoms with Crippen molar-refractivity contribution in [3.63, 3.8) is 0 Å². The molecule has 0 aliphatic carbocycles. The van der Waals surface area contributed by atoms with Gasteiger partial charge in [0.2, 0.25) is 0 Å².